The van der Waals surface area contributed by atoms with Crippen molar-refractivity contribution in [1.82, 2.24) is 5.32 Å². The molecule has 0 bridgehead atoms. The van der Waals surface area contributed by atoms with Gasteiger partial charge in [-0.3, -0.25) is 14.4 Å². The van der Waals surface area contributed by atoms with Crippen molar-refractivity contribution in [3.05, 3.63) is 23.8 Å². The van der Waals surface area contributed by atoms with Gasteiger partial charge in [-0.05, 0) is 42.9 Å². The van der Waals surface area contributed by atoms with Gasteiger partial charge < -0.3 is 29.0 Å². The van der Waals surface area contributed by atoms with Crippen molar-refractivity contribution in [2.45, 2.75) is 72.3 Å². The summed E-state index contributed by atoms with van der Waals surface area (Å²) in [6, 6.07) is 4.00. The summed E-state index contributed by atoms with van der Waals surface area (Å²) in [5.74, 6) is -0.929. The number of methoxy groups -OCH3 is 1. The van der Waals surface area contributed by atoms with Crippen LogP contribution in [-0.2, 0) is 35.0 Å². The standard InChI is InChI=1S/C26H39NO9/c1-6-9-23(28)35-21-12-11-19(16-22(21)36-24(29)10-7-2)15-20(25(30)32-5)27-13-14-33-26(31)34-17-18(4)8-3/h11-12,16,18,20,27H,6-10,13-15,17H2,1-5H3/t18?,20-/m0/s1. The highest BCUT2D eigenvalue weighted by molar-refractivity contribution is 5.77. The predicted molar refractivity (Wildman–Crippen MR) is 132 cm³/mol. The molecule has 1 N–H and O–H groups in total. The molecule has 0 heterocycles. The van der Waals surface area contributed by atoms with Gasteiger partial charge in [0.05, 0.1) is 13.7 Å². The van der Waals surface area contributed by atoms with E-state index in [0.29, 0.717) is 18.4 Å². The van der Waals surface area contributed by atoms with Crippen molar-refractivity contribution < 1.29 is 42.9 Å². The number of rotatable bonds is 16. The Balaban J connectivity index is 2.84. The van der Waals surface area contributed by atoms with Gasteiger partial charge in [-0.1, -0.05) is 40.2 Å². The molecule has 0 fully saturated rings. The summed E-state index contributed by atoms with van der Waals surface area (Å²) in [5, 5.41) is 2.99. The molecule has 0 amide bonds. The van der Waals surface area contributed by atoms with Crippen LogP contribution in [0.1, 0.15) is 65.4 Å². The summed E-state index contributed by atoms with van der Waals surface area (Å²) in [6.45, 7) is 8.13. The first kappa shape index (κ1) is 30.9. The average Bonchev–Trinajstić information content (AvgIpc) is 2.85. The van der Waals surface area contributed by atoms with Gasteiger partial charge in [-0.2, -0.15) is 0 Å². The van der Waals surface area contributed by atoms with E-state index in [0.717, 1.165) is 6.42 Å². The number of benzene rings is 1. The molecular formula is C26H39NO9. The van der Waals surface area contributed by atoms with E-state index in [1.165, 1.54) is 13.2 Å². The molecule has 0 aromatic heterocycles. The molecule has 202 valence electrons. The second kappa shape index (κ2) is 17.3. The second-order valence-corrected chi connectivity index (χ2v) is 8.39. The quantitative estimate of drug-likeness (QED) is 0.199. The lowest BCUT2D eigenvalue weighted by atomic mass is 10.1. The zero-order valence-electron chi connectivity index (χ0n) is 21.9. The van der Waals surface area contributed by atoms with Crippen molar-refractivity contribution in [1.29, 1.82) is 0 Å². The molecule has 10 heteroatoms. The first-order chi connectivity index (χ1) is 17.2. The summed E-state index contributed by atoms with van der Waals surface area (Å²) >= 11 is 0. The van der Waals surface area contributed by atoms with Gasteiger partial charge in [0.15, 0.2) is 11.5 Å². The van der Waals surface area contributed by atoms with Crippen LogP contribution in [0, 0.1) is 5.92 Å². The molecule has 0 saturated heterocycles. The summed E-state index contributed by atoms with van der Waals surface area (Å²) in [4.78, 5) is 48.1. The van der Waals surface area contributed by atoms with E-state index < -0.39 is 30.1 Å². The first-order valence-corrected chi connectivity index (χ1v) is 12.4. The van der Waals surface area contributed by atoms with Gasteiger partial charge >= 0.3 is 24.1 Å². The van der Waals surface area contributed by atoms with Crippen molar-refractivity contribution in [3.8, 4) is 11.5 Å². The SMILES string of the molecule is CCCC(=O)Oc1ccc(C[C@H](NCCOC(=O)OCC(C)CC)C(=O)OC)cc1OC(=O)CCC. The van der Waals surface area contributed by atoms with E-state index >= 15 is 0 Å². The maximum absolute atomic E-state index is 12.3. The zero-order valence-corrected chi connectivity index (χ0v) is 21.9. The molecule has 36 heavy (non-hydrogen) atoms. The number of hydrogen-bond acceptors (Lipinski definition) is 10. The third-order valence-electron chi connectivity index (χ3n) is 5.18. The lowest BCUT2D eigenvalue weighted by Crippen LogP contribution is -2.41. The van der Waals surface area contributed by atoms with E-state index in [1.54, 1.807) is 12.1 Å². The van der Waals surface area contributed by atoms with E-state index in [9.17, 15) is 19.2 Å². The lowest BCUT2D eigenvalue weighted by Gasteiger charge is -2.18. The van der Waals surface area contributed by atoms with Gasteiger partial charge in [-0.25, -0.2) is 4.79 Å². The van der Waals surface area contributed by atoms with Gasteiger partial charge in [0, 0.05) is 19.4 Å². The molecule has 0 spiro atoms. The van der Waals surface area contributed by atoms with Crippen LogP contribution in [0.25, 0.3) is 0 Å². The number of nitrogens with one attached hydrogen (secondary N) is 1. The molecule has 1 unspecified atom stereocenters. The molecule has 0 radical (unpaired) electrons. The van der Waals surface area contributed by atoms with Crippen molar-refractivity contribution >= 4 is 24.1 Å². The highest BCUT2D eigenvalue weighted by Crippen LogP contribution is 2.30. The van der Waals surface area contributed by atoms with E-state index in [1.807, 2.05) is 27.7 Å². The van der Waals surface area contributed by atoms with Crippen LogP contribution in [0.4, 0.5) is 4.79 Å². The zero-order chi connectivity index (χ0) is 26.9. The summed E-state index contributed by atoms with van der Waals surface area (Å²) in [7, 11) is 1.27. The Labute approximate surface area is 212 Å². The van der Waals surface area contributed by atoms with Crippen LogP contribution >= 0.6 is 0 Å². The van der Waals surface area contributed by atoms with Crippen LogP contribution in [-0.4, -0.2) is 57.0 Å². The van der Waals surface area contributed by atoms with E-state index in [4.69, 9.17) is 23.7 Å². The third-order valence-corrected chi connectivity index (χ3v) is 5.18. The van der Waals surface area contributed by atoms with Crippen LogP contribution in [0.15, 0.2) is 18.2 Å². The highest BCUT2D eigenvalue weighted by Gasteiger charge is 2.21. The summed E-state index contributed by atoms with van der Waals surface area (Å²) in [5.41, 5.74) is 0.640. The van der Waals surface area contributed by atoms with Gasteiger partial charge in [0.1, 0.15) is 12.6 Å². The normalized spacial score (nSPS) is 12.2. The minimum absolute atomic E-state index is 0.000960. The van der Waals surface area contributed by atoms with Gasteiger partial charge in [-0.15, -0.1) is 0 Å². The number of hydrogen-bond donors (Lipinski definition) is 1. The highest BCUT2D eigenvalue weighted by atomic mass is 16.7. The van der Waals surface area contributed by atoms with Crippen LogP contribution in [0.5, 0.6) is 11.5 Å². The summed E-state index contributed by atoms with van der Waals surface area (Å²) < 4.78 is 25.7. The van der Waals surface area contributed by atoms with Gasteiger partial charge in [0.25, 0.3) is 0 Å². The molecule has 1 aromatic carbocycles. The van der Waals surface area contributed by atoms with Crippen LogP contribution in [0.3, 0.4) is 0 Å². The molecule has 1 aromatic rings. The fourth-order valence-electron chi connectivity index (χ4n) is 2.95. The van der Waals surface area contributed by atoms with Crippen molar-refractivity contribution in [2.75, 3.05) is 26.9 Å². The molecule has 10 nitrogen and oxygen atoms in total. The molecule has 2 atom stereocenters. The Morgan fingerprint density at radius 3 is 2.14 bits per heavy atom. The molecular weight excluding hydrogens is 470 g/mol. The minimum atomic E-state index is -0.765. The van der Waals surface area contributed by atoms with Crippen molar-refractivity contribution in [3.63, 3.8) is 0 Å². The minimum Gasteiger partial charge on any atom is -0.468 e. The molecule has 0 aliphatic heterocycles. The lowest BCUT2D eigenvalue weighted by molar-refractivity contribution is -0.143. The predicted octanol–water partition coefficient (Wildman–Crippen LogP) is 3.97. The number of carbonyl (C=O) groups excluding carboxylic acids is 4. The van der Waals surface area contributed by atoms with Crippen LogP contribution < -0.4 is 14.8 Å². The molecule has 0 aliphatic carbocycles. The van der Waals surface area contributed by atoms with Crippen LogP contribution in [0.2, 0.25) is 0 Å². The molecule has 0 aliphatic rings. The molecule has 0 saturated carbocycles. The second-order valence-electron chi connectivity index (χ2n) is 8.39. The fourth-order valence-corrected chi connectivity index (χ4v) is 2.95. The first-order valence-electron chi connectivity index (χ1n) is 12.4. The maximum Gasteiger partial charge on any atom is 0.508 e. The topological polar surface area (TPSA) is 126 Å². The Hall–Kier alpha value is -3.14. The largest absolute Gasteiger partial charge is 0.508 e. The van der Waals surface area contributed by atoms with Crippen molar-refractivity contribution in [2.24, 2.45) is 5.92 Å². The third kappa shape index (κ3) is 12.0. The number of esters is 3. The maximum atomic E-state index is 12.3. The fraction of sp³-hybridized carbons (Fsp3) is 0.615. The Morgan fingerprint density at radius 2 is 1.56 bits per heavy atom. The number of carbonyl (C=O) groups is 4. The Kier molecular flexibility index (Phi) is 14.9. The van der Waals surface area contributed by atoms with E-state index in [2.05, 4.69) is 5.32 Å². The monoisotopic (exact) mass is 509 g/mol. The average molecular weight is 510 g/mol. The number of ether oxygens (including phenoxy) is 5. The Morgan fingerprint density at radius 1 is 0.917 bits per heavy atom. The van der Waals surface area contributed by atoms with Gasteiger partial charge in [0.2, 0.25) is 0 Å². The Bertz CT molecular complexity index is 856. The van der Waals surface area contributed by atoms with E-state index in [-0.39, 0.29) is 56.4 Å². The molecule has 1 rings (SSSR count). The smallest absolute Gasteiger partial charge is 0.468 e. The summed E-state index contributed by atoms with van der Waals surface area (Å²) in [6.07, 6.45) is 1.96.